The van der Waals surface area contributed by atoms with E-state index >= 15 is 0 Å². The maximum atomic E-state index is 14.2. The summed E-state index contributed by atoms with van der Waals surface area (Å²) < 4.78 is 29.9. The van der Waals surface area contributed by atoms with Crippen LogP contribution in [0, 0.1) is 17.6 Å². The summed E-state index contributed by atoms with van der Waals surface area (Å²) in [4.78, 5) is 19.3. The van der Waals surface area contributed by atoms with Crippen LogP contribution in [-0.2, 0) is 6.54 Å². The summed E-state index contributed by atoms with van der Waals surface area (Å²) in [6.45, 7) is 2.57. The van der Waals surface area contributed by atoms with Crippen LogP contribution in [0.5, 0.6) is 0 Å². The average Bonchev–Trinajstić information content (AvgIpc) is 3.27. The number of hydrogen-bond acceptors (Lipinski definition) is 2. The van der Waals surface area contributed by atoms with Gasteiger partial charge in [0, 0.05) is 17.4 Å². The van der Waals surface area contributed by atoms with Crippen molar-refractivity contribution in [1.29, 1.82) is 0 Å². The van der Waals surface area contributed by atoms with Crippen LogP contribution in [-0.4, -0.2) is 14.5 Å². The fourth-order valence-electron chi connectivity index (χ4n) is 3.86. The third-order valence-corrected chi connectivity index (χ3v) is 5.45. The quantitative estimate of drug-likeness (QED) is 0.588. The highest BCUT2D eigenvalue weighted by atomic mass is 19.2. The van der Waals surface area contributed by atoms with Crippen LogP contribution in [0.3, 0.4) is 0 Å². The monoisotopic (exact) mass is 365 g/mol. The molecule has 5 rings (SSSR count). The molecule has 1 aliphatic rings. The molecule has 2 aromatic carbocycles. The Morgan fingerprint density at radius 1 is 1.22 bits per heavy atom. The number of halogens is 2. The fraction of sp³-hybridized carbons (Fsp3) is 0.238. The van der Waals surface area contributed by atoms with Gasteiger partial charge < -0.3 is 9.55 Å². The van der Waals surface area contributed by atoms with Crippen molar-refractivity contribution in [2.75, 3.05) is 0 Å². The van der Waals surface area contributed by atoms with Gasteiger partial charge in [0.15, 0.2) is 11.6 Å². The van der Waals surface area contributed by atoms with E-state index in [1.807, 2.05) is 24.3 Å². The summed E-state index contributed by atoms with van der Waals surface area (Å²) in [5.74, 6) is -0.0589. The van der Waals surface area contributed by atoms with Gasteiger partial charge in [-0.3, -0.25) is 4.79 Å². The molecule has 1 unspecified atom stereocenters. The van der Waals surface area contributed by atoms with Crippen molar-refractivity contribution in [3.63, 3.8) is 0 Å². The molecule has 4 nitrogen and oxygen atoms in total. The molecule has 1 saturated carbocycles. The van der Waals surface area contributed by atoms with Gasteiger partial charge in [-0.15, -0.1) is 0 Å². The highest BCUT2D eigenvalue weighted by molar-refractivity contribution is 5.83. The number of fused-ring (bicyclic) bond motifs is 2. The van der Waals surface area contributed by atoms with Gasteiger partial charge in [0.25, 0.3) is 0 Å². The Morgan fingerprint density at radius 2 is 2.00 bits per heavy atom. The Morgan fingerprint density at radius 3 is 2.78 bits per heavy atom. The van der Waals surface area contributed by atoms with Crippen molar-refractivity contribution in [2.45, 2.75) is 25.8 Å². The standard InChI is InChI=1S/C21H17F2N3O/c1-11-8-14(11)21-24-16-4-2-3-5-17(16)26(21)10-12-9-18(27)25-20-13(12)6-7-15(22)19(20)23/h2-7,9,11,14H,8,10H2,1H3,(H,25,27)/t11?,14-/m0/s1. The fourth-order valence-corrected chi connectivity index (χ4v) is 3.86. The van der Waals surface area contributed by atoms with Gasteiger partial charge >= 0.3 is 0 Å². The first-order valence-electron chi connectivity index (χ1n) is 8.98. The molecular formula is C21H17F2N3O. The molecule has 0 amide bonds. The van der Waals surface area contributed by atoms with Crippen molar-refractivity contribution in [1.82, 2.24) is 14.5 Å². The van der Waals surface area contributed by atoms with E-state index in [1.54, 1.807) is 0 Å². The lowest BCUT2D eigenvalue weighted by Gasteiger charge is -2.12. The largest absolute Gasteiger partial charge is 0.323 e. The smallest absolute Gasteiger partial charge is 0.248 e. The Bertz CT molecular complexity index is 1260. The van der Waals surface area contributed by atoms with Crippen molar-refractivity contribution >= 4 is 21.9 Å². The van der Waals surface area contributed by atoms with Crippen LogP contribution >= 0.6 is 0 Å². The molecule has 1 N–H and O–H groups in total. The highest BCUT2D eigenvalue weighted by Crippen LogP contribution is 2.47. The summed E-state index contributed by atoms with van der Waals surface area (Å²) >= 11 is 0. The summed E-state index contributed by atoms with van der Waals surface area (Å²) in [6.07, 6.45) is 1.08. The molecule has 4 aromatic rings. The number of aromatic nitrogens is 3. The normalized spacial score (nSPS) is 19.1. The van der Waals surface area contributed by atoms with E-state index < -0.39 is 17.2 Å². The van der Waals surface area contributed by atoms with E-state index in [4.69, 9.17) is 4.98 Å². The minimum absolute atomic E-state index is 0.0942. The summed E-state index contributed by atoms with van der Waals surface area (Å²) in [5, 5.41) is 0.501. The molecule has 2 heterocycles. The van der Waals surface area contributed by atoms with Crippen LogP contribution in [0.1, 0.15) is 30.7 Å². The van der Waals surface area contributed by atoms with Crippen molar-refractivity contribution in [2.24, 2.45) is 5.92 Å². The van der Waals surface area contributed by atoms with Crippen LogP contribution in [0.15, 0.2) is 47.3 Å². The molecule has 0 spiro atoms. The van der Waals surface area contributed by atoms with E-state index in [0.29, 0.717) is 29.3 Å². The number of H-pyrrole nitrogens is 1. The lowest BCUT2D eigenvalue weighted by molar-refractivity contribution is 0.515. The van der Waals surface area contributed by atoms with Gasteiger partial charge in [0.1, 0.15) is 5.82 Å². The van der Waals surface area contributed by atoms with E-state index in [-0.39, 0.29) is 5.52 Å². The van der Waals surface area contributed by atoms with Crippen molar-refractivity contribution in [3.8, 4) is 0 Å². The summed E-state index contributed by atoms with van der Waals surface area (Å²) in [5.41, 5.74) is 1.97. The van der Waals surface area contributed by atoms with Gasteiger partial charge in [0.2, 0.25) is 5.56 Å². The van der Waals surface area contributed by atoms with Gasteiger partial charge in [0.05, 0.1) is 23.1 Å². The molecule has 1 fully saturated rings. The number of para-hydroxylation sites is 2. The minimum atomic E-state index is -1.03. The highest BCUT2D eigenvalue weighted by Gasteiger charge is 2.38. The van der Waals surface area contributed by atoms with Crippen LogP contribution in [0.4, 0.5) is 8.78 Å². The van der Waals surface area contributed by atoms with Crippen molar-refractivity contribution in [3.05, 3.63) is 75.8 Å². The minimum Gasteiger partial charge on any atom is -0.323 e. The number of aromatic amines is 1. The second kappa shape index (κ2) is 5.74. The Hall–Kier alpha value is -3.02. The topological polar surface area (TPSA) is 50.7 Å². The maximum Gasteiger partial charge on any atom is 0.248 e. The van der Waals surface area contributed by atoms with Gasteiger partial charge in [-0.25, -0.2) is 13.8 Å². The number of hydrogen-bond donors (Lipinski definition) is 1. The number of benzene rings is 2. The predicted molar refractivity (Wildman–Crippen MR) is 99.8 cm³/mol. The molecule has 0 bridgehead atoms. The molecule has 1 aliphatic carbocycles. The van der Waals surface area contributed by atoms with E-state index in [9.17, 15) is 13.6 Å². The number of imidazole rings is 1. The average molecular weight is 365 g/mol. The lowest BCUT2D eigenvalue weighted by Crippen LogP contribution is -2.12. The first-order valence-corrected chi connectivity index (χ1v) is 8.98. The van der Waals surface area contributed by atoms with Crippen LogP contribution < -0.4 is 5.56 Å². The number of rotatable bonds is 3. The molecule has 6 heteroatoms. The lowest BCUT2D eigenvalue weighted by atomic mass is 10.1. The van der Waals surface area contributed by atoms with Gasteiger partial charge in [-0.2, -0.15) is 0 Å². The molecule has 2 aromatic heterocycles. The Balaban J connectivity index is 1.72. The number of pyridine rings is 1. The maximum absolute atomic E-state index is 14.2. The van der Waals surface area contributed by atoms with Gasteiger partial charge in [-0.1, -0.05) is 19.1 Å². The Labute approximate surface area is 153 Å². The molecule has 2 atom stereocenters. The third-order valence-electron chi connectivity index (χ3n) is 5.45. The van der Waals surface area contributed by atoms with Gasteiger partial charge in [-0.05, 0) is 42.2 Å². The molecule has 136 valence electrons. The third kappa shape index (κ3) is 2.55. The first kappa shape index (κ1) is 16.2. The second-order valence-corrected chi connectivity index (χ2v) is 7.31. The predicted octanol–water partition coefficient (Wildman–Crippen LogP) is 4.33. The zero-order chi connectivity index (χ0) is 18.7. The zero-order valence-electron chi connectivity index (χ0n) is 14.7. The zero-order valence-corrected chi connectivity index (χ0v) is 14.7. The number of nitrogens with one attached hydrogen (secondary N) is 1. The van der Waals surface area contributed by atoms with E-state index in [0.717, 1.165) is 29.3 Å². The SMILES string of the molecule is CC1C[C@@H]1c1nc2ccccc2n1Cc1cc(=O)[nH]c2c(F)c(F)ccc12. The molecule has 0 aliphatic heterocycles. The van der Waals surface area contributed by atoms with Crippen molar-refractivity contribution < 1.29 is 8.78 Å². The van der Waals surface area contributed by atoms with E-state index in [2.05, 4.69) is 16.5 Å². The van der Waals surface area contributed by atoms with Crippen LogP contribution in [0.25, 0.3) is 21.9 Å². The first-order chi connectivity index (χ1) is 13.0. The summed E-state index contributed by atoms with van der Waals surface area (Å²) in [7, 11) is 0. The molecular weight excluding hydrogens is 348 g/mol. The summed E-state index contributed by atoms with van der Waals surface area (Å²) in [6, 6.07) is 11.9. The Kier molecular flexibility index (Phi) is 3.44. The van der Waals surface area contributed by atoms with Crippen LogP contribution in [0.2, 0.25) is 0 Å². The number of nitrogens with zero attached hydrogens (tertiary/aromatic N) is 2. The second-order valence-electron chi connectivity index (χ2n) is 7.31. The molecule has 27 heavy (non-hydrogen) atoms. The van der Waals surface area contributed by atoms with E-state index in [1.165, 1.54) is 12.1 Å². The molecule has 0 saturated heterocycles. The molecule has 0 radical (unpaired) electrons.